The van der Waals surface area contributed by atoms with Crippen LogP contribution in [0, 0.1) is 6.92 Å². The fraction of sp³-hybridized carbons (Fsp3) is 0.278. The molecule has 1 unspecified atom stereocenters. The van der Waals surface area contributed by atoms with Crippen LogP contribution in [-0.4, -0.2) is 13.0 Å². The normalized spacial score (nSPS) is 12.0. The number of rotatable bonds is 5. The van der Waals surface area contributed by atoms with Gasteiger partial charge in [0.1, 0.15) is 0 Å². The number of benzene rings is 2. The highest BCUT2D eigenvalue weighted by Gasteiger charge is 2.05. The molecule has 0 heterocycles. The molecule has 2 N–H and O–H groups in total. The number of hydrogen-bond donors (Lipinski definition) is 2. The largest absolute Gasteiger partial charge is 0.355 e. The minimum atomic E-state index is -0.0532. The number of amides is 1. The average molecular weight is 282 g/mol. The summed E-state index contributed by atoms with van der Waals surface area (Å²) in [6.45, 7) is 5.03. The molecule has 0 aliphatic carbocycles. The van der Waals surface area contributed by atoms with Crippen molar-refractivity contribution in [3.8, 4) is 0 Å². The molecule has 3 nitrogen and oxygen atoms in total. The Labute approximate surface area is 126 Å². The topological polar surface area (TPSA) is 41.1 Å². The lowest BCUT2D eigenvalue weighted by atomic mass is 10.1. The molecule has 0 saturated heterocycles. The lowest BCUT2D eigenvalue weighted by Crippen LogP contribution is -2.19. The minimum Gasteiger partial charge on any atom is -0.355 e. The smallest absolute Gasteiger partial charge is 0.251 e. The Morgan fingerprint density at radius 2 is 1.67 bits per heavy atom. The van der Waals surface area contributed by atoms with Crippen LogP contribution in [0.3, 0.4) is 0 Å². The predicted molar refractivity (Wildman–Crippen MR) is 86.3 cm³/mol. The van der Waals surface area contributed by atoms with Crippen LogP contribution < -0.4 is 10.6 Å². The van der Waals surface area contributed by atoms with Crippen molar-refractivity contribution in [3.63, 3.8) is 0 Å². The Balaban J connectivity index is 1.93. The van der Waals surface area contributed by atoms with E-state index in [1.54, 1.807) is 7.05 Å². The molecule has 1 amide bonds. The van der Waals surface area contributed by atoms with Crippen LogP contribution in [0.1, 0.15) is 40.0 Å². The molecule has 0 spiro atoms. The maximum atomic E-state index is 11.5. The summed E-state index contributed by atoms with van der Waals surface area (Å²) in [4.78, 5) is 11.5. The monoisotopic (exact) mass is 282 g/mol. The summed E-state index contributed by atoms with van der Waals surface area (Å²) in [5.74, 6) is -0.0532. The Hall–Kier alpha value is -2.13. The number of aryl methyl sites for hydroxylation is 1. The lowest BCUT2D eigenvalue weighted by Gasteiger charge is -2.14. The quantitative estimate of drug-likeness (QED) is 0.884. The summed E-state index contributed by atoms with van der Waals surface area (Å²) < 4.78 is 0. The first kappa shape index (κ1) is 15.3. The fourth-order valence-corrected chi connectivity index (χ4v) is 2.16. The molecule has 2 aromatic carbocycles. The van der Waals surface area contributed by atoms with Crippen LogP contribution in [0.25, 0.3) is 0 Å². The average Bonchev–Trinajstić information content (AvgIpc) is 2.53. The summed E-state index contributed by atoms with van der Waals surface area (Å²) >= 11 is 0. The third kappa shape index (κ3) is 4.17. The van der Waals surface area contributed by atoms with Gasteiger partial charge in [0.15, 0.2) is 0 Å². The van der Waals surface area contributed by atoms with E-state index in [0.29, 0.717) is 11.6 Å². The molecule has 2 aromatic rings. The highest BCUT2D eigenvalue weighted by Crippen LogP contribution is 2.14. The van der Waals surface area contributed by atoms with Crippen LogP contribution >= 0.6 is 0 Å². The van der Waals surface area contributed by atoms with E-state index >= 15 is 0 Å². The number of carbonyl (C=O) groups excluding carboxylic acids is 1. The molecule has 0 aromatic heterocycles. The van der Waals surface area contributed by atoms with Gasteiger partial charge in [0, 0.05) is 25.2 Å². The number of hydrogen-bond acceptors (Lipinski definition) is 2. The van der Waals surface area contributed by atoms with Crippen molar-refractivity contribution >= 4 is 5.91 Å². The fourth-order valence-electron chi connectivity index (χ4n) is 2.16. The summed E-state index contributed by atoms with van der Waals surface area (Å²) in [7, 11) is 1.64. The van der Waals surface area contributed by atoms with Gasteiger partial charge in [-0.2, -0.15) is 0 Å². The third-order valence-electron chi connectivity index (χ3n) is 3.63. The second-order valence-corrected chi connectivity index (χ2v) is 5.29. The van der Waals surface area contributed by atoms with E-state index in [4.69, 9.17) is 0 Å². The Morgan fingerprint density at radius 1 is 1.05 bits per heavy atom. The molecule has 0 fully saturated rings. The minimum absolute atomic E-state index is 0.0532. The SMILES string of the molecule is CNC(=O)c1ccc(CNC(C)c2ccc(C)cc2)cc1. The zero-order valence-electron chi connectivity index (χ0n) is 12.8. The first-order chi connectivity index (χ1) is 10.1. The van der Waals surface area contributed by atoms with Gasteiger partial charge in [0.2, 0.25) is 0 Å². The molecule has 21 heavy (non-hydrogen) atoms. The van der Waals surface area contributed by atoms with Gasteiger partial charge in [-0.15, -0.1) is 0 Å². The molecule has 0 saturated carbocycles. The van der Waals surface area contributed by atoms with E-state index in [1.807, 2.05) is 24.3 Å². The number of carbonyl (C=O) groups is 1. The van der Waals surface area contributed by atoms with Gasteiger partial charge in [-0.05, 0) is 37.1 Å². The Kier molecular flexibility index (Phi) is 5.12. The molecule has 3 heteroatoms. The van der Waals surface area contributed by atoms with Gasteiger partial charge >= 0.3 is 0 Å². The summed E-state index contributed by atoms with van der Waals surface area (Å²) in [5.41, 5.74) is 4.41. The van der Waals surface area contributed by atoms with Crippen molar-refractivity contribution in [1.82, 2.24) is 10.6 Å². The second-order valence-electron chi connectivity index (χ2n) is 5.29. The zero-order valence-corrected chi connectivity index (χ0v) is 12.8. The zero-order chi connectivity index (χ0) is 15.2. The van der Waals surface area contributed by atoms with Crippen LogP contribution in [0.2, 0.25) is 0 Å². The first-order valence-corrected chi connectivity index (χ1v) is 7.21. The van der Waals surface area contributed by atoms with Crippen molar-refractivity contribution in [2.24, 2.45) is 0 Å². The van der Waals surface area contributed by atoms with Crippen LogP contribution in [0.15, 0.2) is 48.5 Å². The molecule has 0 aliphatic rings. The third-order valence-corrected chi connectivity index (χ3v) is 3.63. The molecular formula is C18H22N2O. The molecule has 2 rings (SSSR count). The highest BCUT2D eigenvalue weighted by molar-refractivity contribution is 5.93. The van der Waals surface area contributed by atoms with E-state index in [0.717, 1.165) is 6.54 Å². The van der Waals surface area contributed by atoms with Crippen molar-refractivity contribution in [1.29, 1.82) is 0 Å². The van der Waals surface area contributed by atoms with Crippen molar-refractivity contribution in [3.05, 3.63) is 70.8 Å². The van der Waals surface area contributed by atoms with E-state index in [2.05, 4.69) is 48.7 Å². The van der Waals surface area contributed by atoms with Crippen molar-refractivity contribution < 1.29 is 4.79 Å². The predicted octanol–water partition coefficient (Wildman–Crippen LogP) is 3.21. The van der Waals surface area contributed by atoms with E-state index < -0.39 is 0 Å². The van der Waals surface area contributed by atoms with E-state index in [-0.39, 0.29) is 5.91 Å². The van der Waals surface area contributed by atoms with Gasteiger partial charge in [-0.3, -0.25) is 4.79 Å². The second kappa shape index (κ2) is 7.04. The lowest BCUT2D eigenvalue weighted by molar-refractivity contribution is 0.0963. The van der Waals surface area contributed by atoms with Crippen molar-refractivity contribution in [2.45, 2.75) is 26.4 Å². The highest BCUT2D eigenvalue weighted by atomic mass is 16.1. The summed E-state index contributed by atoms with van der Waals surface area (Å²) in [6.07, 6.45) is 0. The standard InChI is InChI=1S/C18H22N2O/c1-13-4-8-16(9-5-13)14(2)20-12-15-6-10-17(11-7-15)18(21)19-3/h4-11,14,20H,12H2,1-3H3,(H,19,21). The van der Waals surface area contributed by atoms with E-state index in [1.165, 1.54) is 16.7 Å². The van der Waals surface area contributed by atoms with E-state index in [9.17, 15) is 4.79 Å². The number of nitrogens with one attached hydrogen (secondary N) is 2. The molecule has 0 bridgehead atoms. The maximum Gasteiger partial charge on any atom is 0.251 e. The van der Waals surface area contributed by atoms with Gasteiger partial charge in [-0.25, -0.2) is 0 Å². The van der Waals surface area contributed by atoms with Crippen LogP contribution in [0.4, 0.5) is 0 Å². The maximum absolute atomic E-state index is 11.5. The van der Waals surface area contributed by atoms with Gasteiger partial charge < -0.3 is 10.6 Å². The van der Waals surface area contributed by atoms with Gasteiger partial charge in [0.05, 0.1) is 0 Å². The van der Waals surface area contributed by atoms with Crippen LogP contribution in [-0.2, 0) is 6.54 Å². The Bertz CT molecular complexity index is 588. The first-order valence-electron chi connectivity index (χ1n) is 7.21. The van der Waals surface area contributed by atoms with Gasteiger partial charge in [-0.1, -0.05) is 42.0 Å². The summed E-state index contributed by atoms with van der Waals surface area (Å²) in [6, 6.07) is 16.5. The molecule has 110 valence electrons. The molecule has 0 radical (unpaired) electrons. The summed E-state index contributed by atoms with van der Waals surface area (Å²) in [5, 5.41) is 6.12. The van der Waals surface area contributed by atoms with Gasteiger partial charge in [0.25, 0.3) is 5.91 Å². The Morgan fingerprint density at radius 3 is 2.24 bits per heavy atom. The molecule has 1 atom stereocenters. The van der Waals surface area contributed by atoms with Crippen LogP contribution in [0.5, 0.6) is 0 Å². The molecule has 0 aliphatic heterocycles. The van der Waals surface area contributed by atoms with Crippen molar-refractivity contribution in [2.75, 3.05) is 7.05 Å². The molecular weight excluding hydrogens is 260 g/mol.